The maximum absolute atomic E-state index is 5.64. The number of ether oxygens (including phenoxy) is 1. The molecule has 3 heteroatoms. The number of nitrogens with one attached hydrogen (secondary N) is 1. The van der Waals surface area contributed by atoms with E-state index in [0.29, 0.717) is 5.41 Å². The predicted octanol–water partition coefficient (Wildman–Crippen LogP) is 2.48. The largest absolute Gasteiger partial charge is 0.381 e. The van der Waals surface area contributed by atoms with E-state index in [0.717, 1.165) is 19.3 Å². The van der Waals surface area contributed by atoms with Gasteiger partial charge in [-0.3, -0.25) is 0 Å². The Morgan fingerprint density at radius 3 is 2.53 bits per heavy atom. The minimum absolute atomic E-state index is 0.479. The molecule has 1 unspecified atom stereocenters. The topological polar surface area (TPSA) is 21.3 Å². The Bertz CT molecular complexity index is 214. The minimum Gasteiger partial charge on any atom is -0.381 e. The Morgan fingerprint density at radius 1 is 1.33 bits per heavy atom. The van der Waals surface area contributed by atoms with Crippen LogP contribution in [0, 0.1) is 5.41 Å². The Morgan fingerprint density at radius 2 is 2.07 bits per heavy atom. The molecular formula is C12H25NOSi. The van der Waals surface area contributed by atoms with Crippen molar-refractivity contribution in [1.82, 2.24) is 5.32 Å². The van der Waals surface area contributed by atoms with Crippen LogP contribution in [0.2, 0.25) is 25.7 Å². The standard InChI is InChI=1S/C12H25NOSi/c1-15(2,3)10-12(6-7-14-9-12)8-13-11-4-5-11/h11,13H,4-10H2,1-3H3. The summed E-state index contributed by atoms with van der Waals surface area (Å²) in [5.74, 6) is 0. The first-order valence-electron chi connectivity index (χ1n) is 6.30. The molecule has 1 N–H and O–H groups in total. The van der Waals surface area contributed by atoms with E-state index >= 15 is 0 Å². The first kappa shape index (κ1) is 11.6. The zero-order valence-corrected chi connectivity index (χ0v) is 11.4. The van der Waals surface area contributed by atoms with Crippen LogP contribution in [0.5, 0.6) is 0 Å². The molecule has 1 saturated heterocycles. The Labute approximate surface area is 94.8 Å². The lowest BCUT2D eigenvalue weighted by Gasteiger charge is -2.33. The van der Waals surface area contributed by atoms with Gasteiger partial charge in [0, 0.05) is 32.7 Å². The van der Waals surface area contributed by atoms with E-state index in [4.69, 9.17) is 4.74 Å². The molecule has 2 fully saturated rings. The lowest BCUT2D eigenvalue weighted by atomic mass is 9.89. The summed E-state index contributed by atoms with van der Waals surface area (Å²) in [4.78, 5) is 0. The van der Waals surface area contributed by atoms with Crippen LogP contribution in [0.1, 0.15) is 19.3 Å². The third-order valence-electron chi connectivity index (χ3n) is 3.43. The van der Waals surface area contributed by atoms with Crippen LogP contribution in [-0.2, 0) is 4.74 Å². The van der Waals surface area contributed by atoms with Crippen LogP contribution in [0.3, 0.4) is 0 Å². The van der Waals surface area contributed by atoms with Crippen molar-refractivity contribution in [2.24, 2.45) is 5.41 Å². The molecule has 0 spiro atoms. The number of rotatable bonds is 5. The SMILES string of the molecule is C[Si](C)(C)CC1(CNC2CC2)CCOC1. The van der Waals surface area contributed by atoms with Gasteiger partial charge in [-0.15, -0.1) is 0 Å². The highest BCUT2D eigenvalue weighted by atomic mass is 28.3. The summed E-state index contributed by atoms with van der Waals surface area (Å²) in [7, 11) is -0.966. The summed E-state index contributed by atoms with van der Waals surface area (Å²) in [5, 5.41) is 3.70. The van der Waals surface area contributed by atoms with Crippen LogP contribution in [-0.4, -0.2) is 33.9 Å². The molecule has 0 bridgehead atoms. The van der Waals surface area contributed by atoms with Gasteiger partial charge in [0.05, 0.1) is 6.61 Å². The maximum Gasteiger partial charge on any atom is 0.0532 e. The van der Waals surface area contributed by atoms with Gasteiger partial charge in [0.2, 0.25) is 0 Å². The van der Waals surface area contributed by atoms with Gasteiger partial charge in [-0.05, 0) is 25.3 Å². The van der Waals surface area contributed by atoms with Crippen LogP contribution < -0.4 is 5.32 Å². The van der Waals surface area contributed by atoms with E-state index < -0.39 is 8.07 Å². The summed E-state index contributed by atoms with van der Waals surface area (Å²) < 4.78 is 5.64. The van der Waals surface area contributed by atoms with E-state index in [9.17, 15) is 0 Å². The predicted molar refractivity (Wildman–Crippen MR) is 67.0 cm³/mol. The molecule has 0 aromatic carbocycles. The lowest BCUT2D eigenvalue weighted by molar-refractivity contribution is 0.157. The fourth-order valence-corrected chi connectivity index (χ4v) is 5.42. The summed E-state index contributed by atoms with van der Waals surface area (Å²) in [6, 6.07) is 2.25. The van der Waals surface area contributed by atoms with Crippen LogP contribution in [0.15, 0.2) is 0 Å². The molecule has 2 nitrogen and oxygen atoms in total. The molecule has 15 heavy (non-hydrogen) atoms. The van der Waals surface area contributed by atoms with E-state index in [2.05, 4.69) is 25.0 Å². The average Bonchev–Trinajstić information content (AvgIpc) is 2.83. The third-order valence-corrected chi connectivity index (χ3v) is 5.24. The Kier molecular flexibility index (Phi) is 3.24. The van der Waals surface area contributed by atoms with Crippen molar-refractivity contribution in [3.05, 3.63) is 0 Å². The van der Waals surface area contributed by atoms with Gasteiger partial charge >= 0.3 is 0 Å². The van der Waals surface area contributed by atoms with Gasteiger partial charge in [-0.25, -0.2) is 0 Å². The summed E-state index contributed by atoms with van der Waals surface area (Å²) in [6.07, 6.45) is 4.06. The highest BCUT2D eigenvalue weighted by Crippen LogP contribution is 2.37. The number of hydrogen-bond donors (Lipinski definition) is 1. The molecule has 0 aromatic rings. The fraction of sp³-hybridized carbons (Fsp3) is 1.00. The molecule has 1 aliphatic carbocycles. The Balaban J connectivity index is 1.89. The van der Waals surface area contributed by atoms with Crippen molar-refractivity contribution in [2.45, 2.75) is 51.0 Å². The van der Waals surface area contributed by atoms with E-state index in [-0.39, 0.29) is 0 Å². The monoisotopic (exact) mass is 227 g/mol. The minimum atomic E-state index is -0.966. The van der Waals surface area contributed by atoms with Gasteiger partial charge in [-0.2, -0.15) is 0 Å². The summed E-state index contributed by atoms with van der Waals surface area (Å²) in [5.41, 5.74) is 0.479. The van der Waals surface area contributed by atoms with E-state index in [1.165, 1.54) is 31.9 Å². The van der Waals surface area contributed by atoms with Crippen molar-refractivity contribution in [1.29, 1.82) is 0 Å². The molecule has 88 valence electrons. The van der Waals surface area contributed by atoms with E-state index in [1.807, 2.05) is 0 Å². The molecular weight excluding hydrogens is 202 g/mol. The zero-order valence-electron chi connectivity index (χ0n) is 10.4. The van der Waals surface area contributed by atoms with Gasteiger partial charge in [0.15, 0.2) is 0 Å². The van der Waals surface area contributed by atoms with Crippen molar-refractivity contribution in [2.75, 3.05) is 19.8 Å². The van der Waals surface area contributed by atoms with Crippen molar-refractivity contribution < 1.29 is 4.74 Å². The van der Waals surface area contributed by atoms with Crippen molar-refractivity contribution in [3.63, 3.8) is 0 Å². The molecule has 1 atom stereocenters. The molecule has 0 aromatic heterocycles. The van der Waals surface area contributed by atoms with Gasteiger partial charge in [0.1, 0.15) is 0 Å². The van der Waals surface area contributed by atoms with Crippen LogP contribution in [0.4, 0.5) is 0 Å². The number of hydrogen-bond acceptors (Lipinski definition) is 2. The van der Waals surface area contributed by atoms with Crippen LogP contribution >= 0.6 is 0 Å². The molecule has 1 aliphatic heterocycles. The lowest BCUT2D eigenvalue weighted by Crippen LogP contribution is -2.41. The third kappa shape index (κ3) is 3.57. The molecule has 0 amide bonds. The molecule has 2 aliphatic rings. The maximum atomic E-state index is 5.64. The zero-order chi connectivity index (χ0) is 10.9. The fourth-order valence-electron chi connectivity index (χ4n) is 2.76. The molecule has 1 heterocycles. The summed E-state index contributed by atoms with van der Waals surface area (Å²) >= 11 is 0. The quantitative estimate of drug-likeness (QED) is 0.729. The van der Waals surface area contributed by atoms with Crippen molar-refractivity contribution in [3.8, 4) is 0 Å². The molecule has 2 rings (SSSR count). The second kappa shape index (κ2) is 4.19. The molecule has 0 radical (unpaired) electrons. The van der Waals surface area contributed by atoms with E-state index in [1.54, 1.807) is 0 Å². The first-order valence-corrected chi connectivity index (χ1v) is 10.0. The second-order valence-electron chi connectivity index (χ2n) is 6.70. The Hall–Kier alpha value is 0.137. The van der Waals surface area contributed by atoms with Gasteiger partial charge in [0.25, 0.3) is 0 Å². The molecule has 1 saturated carbocycles. The smallest absolute Gasteiger partial charge is 0.0532 e. The van der Waals surface area contributed by atoms with Gasteiger partial charge < -0.3 is 10.1 Å². The highest BCUT2D eigenvalue weighted by Gasteiger charge is 2.39. The summed E-state index contributed by atoms with van der Waals surface area (Å²) in [6.45, 7) is 10.6. The average molecular weight is 227 g/mol. The van der Waals surface area contributed by atoms with Crippen LogP contribution in [0.25, 0.3) is 0 Å². The highest BCUT2D eigenvalue weighted by molar-refractivity contribution is 6.76. The second-order valence-corrected chi connectivity index (χ2v) is 12.2. The normalized spacial score (nSPS) is 32.2. The van der Waals surface area contributed by atoms with Gasteiger partial charge in [-0.1, -0.05) is 19.6 Å². The van der Waals surface area contributed by atoms with Crippen molar-refractivity contribution >= 4 is 8.07 Å². The first-order chi connectivity index (χ1) is 6.99.